The number of H-pyrrole nitrogens is 1. The summed E-state index contributed by atoms with van der Waals surface area (Å²) in [7, 11) is 0. The predicted molar refractivity (Wildman–Crippen MR) is 136 cm³/mol. The van der Waals surface area contributed by atoms with Crippen molar-refractivity contribution in [3.05, 3.63) is 74.3 Å². The number of rotatable bonds is 8. The van der Waals surface area contributed by atoms with Crippen LogP contribution in [0.4, 0.5) is 5.69 Å². The lowest BCUT2D eigenvalue weighted by molar-refractivity contribution is -0.150. The Bertz CT molecular complexity index is 1530. The summed E-state index contributed by atoms with van der Waals surface area (Å²) in [6.07, 6.45) is 2.98. The third kappa shape index (κ3) is 4.31. The van der Waals surface area contributed by atoms with Crippen molar-refractivity contribution in [2.24, 2.45) is 5.92 Å². The average Bonchev–Trinajstić information content (AvgIpc) is 3.37. The Morgan fingerprint density at radius 2 is 1.97 bits per heavy atom. The zero-order valence-corrected chi connectivity index (χ0v) is 21.3. The highest BCUT2D eigenvalue weighted by Gasteiger charge is 2.55. The molecule has 1 amide bonds. The number of benzene rings is 1. The Labute approximate surface area is 222 Å². The van der Waals surface area contributed by atoms with E-state index in [0.29, 0.717) is 34.8 Å². The monoisotopic (exact) mass is 538 g/mol. The van der Waals surface area contributed by atoms with E-state index >= 15 is 0 Å². The lowest BCUT2D eigenvalue weighted by atomic mass is 9.86. The Balaban J connectivity index is 1.24. The van der Waals surface area contributed by atoms with Crippen LogP contribution in [0.15, 0.2) is 46.2 Å². The van der Waals surface area contributed by atoms with Crippen LogP contribution in [0.3, 0.4) is 0 Å². The summed E-state index contributed by atoms with van der Waals surface area (Å²) in [4.78, 5) is 41.3. The number of ether oxygens (including phenoxy) is 1. The molecule has 1 saturated carbocycles. The van der Waals surface area contributed by atoms with Gasteiger partial charge in [0.1, 0.15) is 18.0 Å². The number of hydrogen-bond acceptors (Lipinski definition) is 9. The average molecular weight is 539 g/mol. The van der Waals surface area contributed by atoms with Crippen molar-refractivity contribution in [1.29, 1.82) is 0 Å². The number of aromatic nitrogens is 5. The smallest absolute Gasteiger partial charge is 0.330 e. The minimum Gasteiger partial charge on any atom is -0.394 e. The van der Waals surface area contributed by atoms with E-state index in [1.165, 1.54) is 20.3 Å². The van der Waals surface area contributed by atoms with Gasteiger partial charge in [-0.25, -0.2) is 9.48 Å². The molecule has 5 unspecified atom stereocenters. The first-order valence-electron chi connectivity index (χ1n) is 13.0. The summed E-state index contributed by atoms with van der Waals surface area (Å²) >= 11 is 0. The lowest BCUT2D eigenvalue weighted by Crippen LogP contribution is -2.48. The molecule has 0 radical (unpaired) electrons. The van der Waals surface area contributed by atoms with Crippen molar-refractivity contribution in [2.45, 2.75) is 69.2 Å². The molecule has 2 fully saturated rings. The number of para-hydroxylation sites is 1. The van der Waals surface area contributed by atoms with Crippen molar-refractivity contribution in [3.63, 3.8) is 0 Å². The first-order chi connectivity index (χ1) is 18.7. The molecule has 3 aromatic rings. The number of aliphatic hydroxyl groups is 3. The second-order valence-corrected chi connectivity index (χ2v) is 10.7. The van der Waals surface area contributed by atoms with Gasteiger partial charge in [0.2, 0.25) is 0 Å². The number of carbonyl (C=O) groups excluding carboxylic acids is 1. The number of nitrogens with zero attached hydrogens (tertiary/aromatic N) is 5. The Kier molecular flexibility index (Phi) is 6.25. The number of aryl methyl sites for hydroxylation is 1. The fourth-order valence-corrected chi connectivity index (χ4v) is 5.62. The SMILES string of the molecule is Cc1cn(C2CC(n3cc(CN4C(=O)C(O)(C(O)CC5CC5)c5ccccc54)nn3)C(CO)O2)c(=O)[nH]c1=O. The summed E-state index contributed by atoms with van der Waals surface area (Å²) in [5.41, 5.74) is -1.49. The summed E-state index contributed by atoms with van der Waals surface area (Å²) in [6, 6.07) is 6.39. The quantitative estimate of drug-likeness (QED) is 0.304. The highest BCUT2D eigenvalue weighted by atomic mass is 16.5. The van der Waals surface area contributed by atoms with Crippen LogP contribution < -0.4 is 16.1 Å². The van der Waals surface area contributed by atoms with Gasteiger partial charge in [-0.1, -0.05) is 36.3 Å². The molecule has 1 aromatic carbocycles. The summed E-state index contributed by atoms with van der Waals surface area (Å²) in [6.45, 7) is 1.25. The van der Waals surface area contributed by atoms with Crippen LogP contribution in [0, 0.1) is 12.8 Å². The van der Waals surface area contributed by atoms with Gasteiger partial charge in [0.05, 0.1) is 37.2 Å². The molecular formula is C26H30N6O7. The molecule has 1 saturated heterocycles. The highest BCUT2D eigenvalue weighted by molar-refractivity contribution is 6.07. The molecule has 4 heterocycles. The Hall–Kier alpha value is -3.65. The number of anilines is 1. The number of aliphatic hydroxyl groups excluding tert-OH is 2. The molecule has 0 bridgehead atoms. The van der Waals surface area contributed by atoms with Gasteiger partial charge < -0.3 is 25.0 Å². The fraction of sp³-hybridized carbons (Fsp3) is 0.500. The van der Waals surface area contributed by atoms with E-state index in [1.54, 1.807) is 37.4 Å². The van der Waals surface area contributed by atoms with E-state index in [4.69, 9.17) is 4.74 Å². The molecule has 1 aliphatic carbocycles. The standard InChI is InChI=1S/C26H30N6O7/c1-14-10-31(25(37)27-23(14)35)22-9-19(20(13-33)39-22)32-12-16(28-29-32)11-30-18-5-3-2-4-17(18)26(38,24(30)36)21(34)8-15-6-7-15/h2-5,10,12,15,19-22,33-34,38H,6-9,11,13H2,1H3,(H,27,35,37). The van der Waals surface area contributed by atoms with E-state index < -0.39 is 47.2 Å². The summed E-state index contributed by atoms with van der Waals surface area (Å²) < 4.78 is 8.72. The van der Waals surface area contributed by atoms with Crippen LogP contribution in [0.5, 0.6) is 0 Å². The van der Waals surface area contributed by atoms with Gasteiger partial charge in [-0.15, -0.1) is 5.10 Å². The maximum absolute atomic E-state index is 13.5. The van der Waals surface area contributed by atoms with Crippen LogP contribution in [0.25, 0.3) is 0 Å². The number of aromatic amines is 1. The predicted octanol–water partition coefficient (Wildman–Crippen LogP) is -0.147. The first-order valence-corrected chi connectivity index (χ1v) is 13.0. The van der Waals surface area contributed by atoms with Crippen LogP contribution in [0.1, 0.15) is 54.8 Å². The Morgan fingerprint density at radius 1 is 1.21 bits per heavy atom. The molecule has 4 N–H and O–H groups in total. The zero-order valence-electron chi connectivity index (χ0n) is 21.3. The van der Waals surface area contributed by atoms with Gasteiger partial charge in [0.25, 0.3) is 11.5 Å². The second-order valence-electron chi connectivity index (χ2n) is 10.7. The van der Waals surface area contributed by atoms with Gasteiger partial charge >= 0.3 is 5.69 Å². The van der Waals surface area contributed by atoms with Gasteiger partial charge in [-0.05, 0) is 25.3 Å². The second kappa shape index (κ2) is 9.52. The zero-order chi connectivity index (χ0) is 27.5. The number of hydrogen-bond donors (Lipinski definition) is 4. The molecule has 5 atom stereocenters. The van der Waals surface area contributed by atoms with E-state index in [1.807, 2.05) is 0 Å². The maximum Gasteiger partial charge on any atom is 0.330 e. The molecule has 6 rings (SSSR count). The number of amides is 1. The van der Waals surface area contributed by atoms with Crippen LogP contribution in [-0.2, 0) is 21.7 Å². The minimum atomic E-state index is -2.04. The Morgan fingerprint density at radius 3 is 2.72 bits per heavy atom. The molecular weight excluding hydrogens is 508 g/mol. The maximum atomic E-state index is 13.5. The number of nitrogens with one attached hydrogen (secondary N) is 1. The number of carbonyl (C=O) groups is 1. The van der Waals surface area contributed by atoms with Crippen LogP contribution in [-0.4, -0.2) is 64.6 Å². The van der Waals surface area contributed by atoms with Crippen molar-refractivity contribution in [1.82, 2.24) is 24.5 Å². The van der Waals surface area contributed by atoms with Crippen molar-refractivity contribution < 1.29 is 24.9 Å². The van der Waals surface area contributed by atoms with E-state index in [0.717, 1.165) is 12.8 Å². The van der Waals surface area contributed by atoms with Crippen LogP contribution in [0.2, 0.25) is 0 Å². The molecule has 13 heteroatoms. The van der Waals surface area contributed by atoms with Gasteiger partial charge in [-0.2, -0.15) is 0 Å². The molecule has 0 spiro atoms. The normalized spacial score (nSPS) is 27.2. The molecule has 3 aliphatic rings. The third-order valence-corrected chi connectivity index (χ3v) is 7.97. The largest absolute Gasteiger partial charge is 0.394 e. The summed E-state index contributed by atoms with van der Waals surface area (Å²) in [5, 5.41) is 40.7. The van der Waals surface area contributed by atoms with E-state index in [2.05, 4.69) is 15.3 Å². The summed E-state index contributed by atoms with van der Waals surface area (Å²) in [5.74, 6) is -0.303. The molecule has 39 heavy (non-hydrogen) atoms. The topological polar surface area (TPSA) is 176 Å². The highest BCUT2D eigenvalue weighted by Crippen LogP contribution is 2.46. The molecule has 2 aliphatic heterocycles. The van der Waals surface area contributed by atoms with Gasteiger partial charge in [0, 0.05) is 23.7 Å². The molecule has 2 aromatic heterocycles. The molecule has 13 nitrogen and oxygen atoms in total. The third-order valence-electron chi connectivity index (χ3n) is 7.97. The van der Waals surface area contributed by atoms with Crippen LogP contribution >= 0.6 is 0 Å². The van der Waals surface area contributed by atoms with Crippen molar-refractivity contribution >= 4 is 11.6 Å². The molecule has 206 valence electrons. The minimum absolute atomic E-state index is 0.00762. The van der Waals surface area contributed by atoms with Gasteiger partial charge in [0.15, 0.2) is 5.60 Å². The fourth-order valence-electron chi connectivity index (χ4n) is 5.62. The van der Waals surface area contributed by atoms with Crippen molar-refractivity contribution in [2.75, 3.05) is 11.5 Å². The van der Waals surface area contributed by atoms with Gasteiger partial charge in [-0.3, -0.25) is 19.1 Å². The first kappa shape index (κ1) is 25.6. The van der Waals surface area contributed by atoms with Crippen molar-refractivity contribution in [3.8, 4) is 0 Å². The lowest BCUT2D eigenvalue weighted by Gasteiger charge is -2.28. The van der Waals surface area contributed by atoms with E-state index in [-0.39, 0.29) is 19.6 Å². The van der Waals surface area contributed by atoms with E-state index in [9.17, 15) is 29.7 Å². The number of fused-ring (bicyclic) bond motifs is 1.